The van der Waals surface area contributed by atoms with E-state index in [1.54, 1.807) is 19.1 Å². The summed E-state index contributed by atoms with van der Waals surface area (Å²) in [5, 5.41) is 14.0. The first-order valence-corrected chi connectivity index (χ1v) is 8.79. The van der Waals surface area contributed by atoms with E-state index in [-0.39, 0.29) is 18.0 Å². The van der Waals surface area contributed by atoms with Crippen LogP contribution < -0.4 is 16.2 Å². The SMILES string of the molecule is CCOC(=O)C1C(NNc2ccccc2[N+](=O)[O-])C(=O)NC1c1ccccc1. The van der Waals surface area contributed by atoms with E-state index in [1.807, 2.05) is 30.3 Å². The van der Waals surface area contributed by atoms with Gasteiger partial charge in [-0.15, -0.1) is 0 Å². The van der Waals surface area contributed by atoms with Gasteiger partial charge in [-0.2, -0.15) is 0 Å². The number of nitro groups is 1. The van der Waals surface area contributed by atoms with Gasteiger partial charge >= 0.3 is 5.97 Å². The third-order valence-corrected chi connectivity index (χ3v) is 4.48. The standard InChI is InChI=1S/C19H20N4O5/c1-2-28-19(25)15-16(12-8-4-3-5-9-12)20-18(24)17(15)22-21-13-10-6-7-11-14(13)23(26)27/h3-11,15-17,21-22H,2H2,1H3,(H,20,24). The first-order chi connectivity index (χ1) is 13.5. The topological polar surface area (TPSA) is 123 Å². The van der Waals surface area contributed by atoms with Crippen molar-refractivity contribution in [2.45, 2.75) is 19.0 Å². The van der Waals surface area contributed by atoms with Crippen LogP contribution >= 0.6 is 0 Å². The summed E-state index contributed by atoms with van der Waals surface area (Å²) in [5.41, 5.74) is 6.27. The Bertz CT molecular complexity index is 874. The molecule has 0 aliphatic carbocycles. The summed E-state index contributed by atoms with van der Waals surface area (Å²) >= 11 is 0. The molecule has 3 rings (SSSR count). The molecular weight excluding hydrogens is 364 g/mol. The van der Waals surface area contributed by atoms with E-state index in [4.69, 9.17) is 4.74 Å². The van der Waals surface area contributed by atoms with Crippen LogP contribution in [0.3, 0.4) is 0 Å². The summed E-state index contributed by atoms with van der Waals surface area (Å²) in [7, 11) is 0. The van der Waals surface area contributed by atoms with Gasteiger partial charge in [0, 0.05) is 6.07 Å². The van der Waals surface area contributed by atoms with Gasteiger partial charge in [-0.25, -0.2) is 5.43 Å². The van der Waals surface area contributed by atoms with Gasteiger partial charge in [0.2, 0.25) is 5.91 Å². The molecule has 1 heterocycles. The Morgan fingerprint density at radius 1 is 1.18 bits per heavy atom. The minimum atomic E-state index is -0.968. The minimum Gasteiger partial charge on any atom is -0.466 e. The third-order valence-electron chi connectivity index (χ3n) is 4.48. The zero-order chi connectivity index (χ0) is 20.1. The van der Waals surface area contributed by atoms with Crippen molar-refractivity contribution in [2.75, 3.05) is 12.0 Å². The largest absolute Gasteiger partial charge is 0.466 e. The molecule has 1 aliphatic rings. The molecule has 0 aromatic heterocycles. The number of rotatable bonds is 7. The van der Waals surface area contributed by atoms with Crippen LogP contribution in [-0.2, 0) is 14.3 Å². The Labute approximate surface area is 161 Å². The number of hydrogen-bond donors (Lipinski definition) is 3. The molecule has 2 aromatic carbocycles. The highest BCUT2D eigenvalue weighted by Crippen LogP contribution is 2.32. The summed E-state index contributed by atoms with van der Waals surface area (Å²) in [6, 6.07) is 13.6. The number of benzene rings is 2. The van der Waals surface area contributed by atoms with Crippen molar-refractivity contribution in [3.63, 3.8) is 0 Å². The van der Waals surface area contributed by atoms with Crippen molar-refractivity contribution in [3.8, 4) is 0 Å². The van der Waals surface area contributed by atoms with Gasteiger partial charge in [-0.1, -0.05) is 42.5 Å². The lowest BCUT2D eigenvalue weighted by molar-refractivity contribution is -0.384. The Balaban J connectivity index is 1.85. The average Bonchev–Trinajstić information content (AvgIpc) is 3.03. The molecule has 146 valence electrons. The fourth-order valence-electron chi connectivity index (χ4n) is 3.20. The van der Waals surface area contributed by atoms with Gasteiger partial charge in [0.1, 0.15) is 17.6 Å². The van der Waals surface area contributed by atoms with Crippen LogP contribution in [-0.4, -0.2) is 29.4 Å². The molecule has 3 N–H and O–H groups in total. The number of carbonyl (C=O) groups is 2. The summed E-state index contributed by atoms with van der Waals surface area (Å²) in [5.74, 6) is -1.78. The minimum absolute atomic E-state index is 0.152. The Kier molecular flexibility index (Phi) is 5.85. The quantitative estimate of drug-likeness (QED) is 0.379. The van der Waals surface area contributed by atoms with E-state index in [0.29, 0.717) is 0 Å². The molecule has 9 nitrogen and oxygen atoms in total. The number of para-hydroxylation sites is 2. The maximum Gasteiger partial charge on any atom is 0.313 e. The maximum atomic E-state index is 12.6. The van der Waals surface area contributed by atoms with Crippen molar-refractivity contribution in [3.05, 3.63) is 70.3 Å². The zero-order valence-electron chi connectivity index (χ0n) is 15.1. The van der Waals surface area contributed by atoms with Crippen LogP contribution in [0.1, 0.15) is 18.5 Å². The van der Waals surface area contributed by atoms with E-state index in [1.165, 1.54) is 12.1 Å². The number of nitrogens with one attached hydrogen (secondary N) is 3. The lowest BCUT2D eigenvalue weighted by Gasteiger charge is -2.22. The number of anilines is 1. The first kappa shape index (κ1) is 19.3. The van der Waals surface area contributed by atoms with E-state index < -0.39 is 34.8 Å². The highest BCUT2D eigenvalue weighted by atomic mass is 16.6. The third kappa shape index (κ3) is 3.94. The number of nitrogens with zero attached hydrogens (tertiary/aromatic N) is 1. The van der Waals surface area contributed by atoms with Crippen LogP contribution in [0, 0.1) is 16.0 Å². The fraction of sp³-hybridized carbons (Fsp3) is 0.263. The fourth-order valence-corrected chi connectivity index (χ4v) is 3.20. The van der Waals surface area contributed by atoms with Crippen LogP contribution in [0.25, 0.3) is 0 Å². The molecule has 3 unspecified atom stereocenters. The number of amides is 1. The van der Waals surface area contributed by atoms with Crippen LogP contribution in [0.5, 0.6) is 0 Å². The van der Waals surface area contributed by atoms with Crippen molar-refractivity contribution in [1.82, 2.24) is 10.7 Å². The summed E-state index contributed by atoms with van der Waals surface area (Å²) < 4.78 is 5.16. The molecule has 9 heteroatoms. The molecular formula is C19H20N4O5. The number of hydrogen-bond acceptors (Lipinski definition) is 7. The number of hydrazine groups is 1. The molecule has 0 bridgehead atoms. The molecule has 1 amide bonds. The van der Waals surface area contributed by atoms with E-state index in [2.05, 4.69) is 16.2 Å². The van der Waals surface area contributed by atoms with E-state index >= 15 is 0 Å². The second-order valence-corrected chi connectivity index (χ2v) is 6.20. The van der Waals surface area contributed by atoms with Crippen LogP contribution in [0.15, 0.2) is 54.6 Å². The van der Waals surface area contributed by atoms with Gasteiger partial charge in [-0.3, -0.25) is 19.7 Å². The first-order valence-electron chi connectivity index (χ1n) is 8.79. The number of esters is 1. The molecule has 1 fully saturated rings. The van der Waals surface area contributed by atoms with E-state index in [9.17, 15) is 19.7 Å². The summed E-state index contributed by atoms with van der Waals surface area (Å²) in [4.78, 5) is 35.8. The second-order valence-electron chi connectivity index (χ2n) is 6.20. The van der Waals surface area contributed by atoms with Crippen molar-refractivity contribution in [1.29, 1.82) is 0 Å². The molecule has 28 heavy (non-hydrogen) atoms. The van der Waals surface area contributed by atoms with Crippen molar-refractivity contribution < 1.29 is 19.2 Å². The van der Waals surface area contributed by atoms with Gasteiger partial charge in [0.05, 0.1) is 17.6 Å². The van der Waals surface area contributed by atoms with Crippen LogP contribution in [0.2, 0.25) is 0 Å². The summed E-state index contributed by atoms with van der Waals surface area (Å²) in [6.07, 6.45) is 0. The van der Waals surface area contributed by atoms with Crippen molar-refractivity contribution in [2.24, 2.45) is 5.92 Å². The maximum absolute atomic E-state index is 12.6. The highest BCUT2D eigenvalue weighted by molar-refractivity contribution is 5.93. The predicted molar refractivity (Wildman–Crippen MR) is 101 cm³/mol. The highest BCUT2D eigenvalue weighted by Gasteiger charge is 2.48. The molecule has 0 spiro atoms. The number of ether oxygens (including phenoxy) is 1. The van der Waals surface area contributed by atoms with Gasteiger partial charge in [-0.05, 0) is 18.6 Å². The molecule has 2 aromatic rings. The zero-order valence-corrected chi connectivity index (χ0v) is 15.1. The Hall–Kier alpha value is -3.46. The second kappa shape index (κ2) is 8.49. The Morgan fingerprint density at radius 3 is 2.54 bits per heavy atom. The van der Waals surface area contributed by atoms with Gasteiger partial charge < -0.3 is 15.5 Å². The summed E-state index contributed by atoms with van der Waals surface area (Å²) in [6.45, 7) is 1.86. The predicted octanol–water partition coefficient (Wildman–Crippen LogP) is 1.93. The number of nitro benzene ring substituents is 1. The lowest BCUT2D eigenvalue weighted by Crippen LogP contribution is -2.46. The van der Waals surface area contributed by atoms with Crippen molar-refractivity contribution >= 4 is 23.3 Å². The smallest absolute Gasteiger partial charge is 0.313 e. The normalized spacial score (nSPS) is 21.0. The van der Waals surface area contributed by atoms with E-state index in [0.717, 1.165) is 5.56 Å². The molecule has 0 radical (unpaired) electrons. The number of carbonyl (C=O) groups excluding carboxylic acids is 2. The Morgan fingerprint density at radius 2 is 1.86 bits per heavy atom. The van der Waals surface area contributed by atoms with Gasteiger partial charge in [0.25, 0.3) is 5.69 Å². The average molecular weight is 384 g/mol. The molecule has 1 aliphatic heterocycles. The van der Waals surface area contributed by atoms with Crippen LogP contribution in [0.4, 0.5) is 11.4 Å². The van der Waals surface area contributed by atoms with Gasteiger partial charge in [0.15, 0.2) is 0 Å². The lowest BCUT2D eigenvalue weighted by atomic mass is 9.91. The molecule has 3 atom stereocenters. The molecule has 0 saturated carbocycles. The monoisotopic (exact) mass is 384 g/mol. The molecule has 1 saturated heterocycles.